The highest BCUT2D eigenvalue weighted by molar-refractivity contribution is 5.37. The molecule has 1 aliphatic heterocycles. The minimum atomic E-state index is 0.897. The number of hydrogen-bond acceptors (Lipinski definition) is 4. The fraction of sp³-hybridized carbons (Fsp3) is 0.647. The van der Waals surface area contributed by atoms with Crippen LogP contribution in [0.25, 0.3) is 0 Å². The molecule has 0 radical (unpaired) electrons. The van der Waals surface area contributed by atoms with Crippen LogP contribution in [0.4, 0.5) is 0 Å². The van der Waals surface area contributed by atoms with E-state index in [0.29, 0.717) is 0 Å². The number of likely N-dealkylation sites (N-methyl/N-ethyl adjacent to an activating group) is 1. The summed E-state index contributed by atoms with van der Waals surface area (Å²) in [6.45, 7) is 6.67. The third-order valence-corrected chi connectivity index (χ3v) is 4.16. The molecular formula is C17H29N3O. The smallest absolute Gasteiger partial charge is 0.123 e. The lowest BCUT2D eigenvalue weighted by molar-refractivity contribution is 0.250. The first-order valence-corrected chi connectivity index (χ1v) is 7.94. The zero-order valence-corrected chi connectivity index (χ0v) is 13.7. The number of nitrogens with one attached hydrogen (secondary N) is 1. The Morgan fingerprint density at radius 3 is 2.71 bits per heavy atom. The highest BCUT2D eigenvalue weighted by Crippen LogP contribution is 2.21. The fourth-order valence-electron chi connectivity index (χ4n) is 2.96. The first kappa shape index (κ1) is 16.3. The molecule has 4 nitrogen and oxygen atoms in total. The van der Waals surface area contributed by atoms with Gasteiger partial charge in [0.2, 0.25) is 0 Å². The van der Waals surface area contributed by atoms with Crippen molar-refractivity contribution in [3.8, 4) is 5.75 Å². The Hall–Kier alpha value is -1.10. The van der Waals surface area contributed by atoms with E-state index in [1.54, 1.807) is 7.11 Å². The van der Waals surface area contributed by atoms with Gasteiger partial charge >= 0.3 is 0 Å². The zero-order valence-electron chi connectivity index (χ0n) is 13.7. The standard InChI is InChI=1S/C17H29N3O/c1-18-13-15-6-7-17(21-3)16(12-15)14-19(2)10-11-20-8-4-5-9-20/h6-7,12,18H,4-5,8-11,13-14H2,1-3H3. The molecule has 0 bridgehead atoms. The van der Waals surface area contributed by atoms with Crippen LogP contribution in [-0.4, -0.2) is 57.2 Å². The average molecular weight is 291 g/mol. The van der Waals surface area contributed by atoms with Crippen molar-refractivity contribution in [2.45, 2.75) is 25.9 Å². The zero-order chi connectivity index (χ0) is 15.1. The maximum atomic E-state index is 5.50. The maximum Gasteiger partial charge on any atom is 0.123 e. The molecule has 0 spiro atoms. The monoisotopic (exact) mass is 291 g/mol. The molecule has 0 aromatic heterocycles. The molecule has 1 heterocycles. The van der Waals surface area contributed by atoms with E-state index < -0.39 is 0 Å². The van der Waals surface area contributed by atoms with Gasteiger partial charge < -0.3 is 19.9 Å². The largest absolute Gasteiger partial charge is 0.496 e. The Kier molecular flexibility index (Phi) is 6.49. The molecule has 0 aliphatic carbocycles. The van der Waals surface area contributed by atoms with Crippen LogP contribution in [0, 0.1) is 0 Å². The Labute approximate surface area is 129 Å². The summed E-state index contributed by atoms with van der Waals surface area (Å²) in [6.07, 6.45) is 2.73. The summed E-state index contributed by atoms with van der Waals surface area (Å²) >= 11 is 0. The van der Waals surface area contributed by atoms with Crippen molar-refractivity contribution in [3.05, 3.63) is 29.3 Å². The molecular weight excluding hydrogens is 262 g/mol. The van der Waals surface area contributed by atoms with Gasteiger partial charge in [-0.25, -0.2) is 0 Å². The van der Waals surface area contributed by atoms with Gasteiger partial charge in [-0.15, -0.1) is 0 Å². The van der Waals surface area contributed by atoms with E-state index in [2.05, 4.69) is 40.4 Å². The second kappa shape index (κ2) is 8.37. The molecule has 4 heteroatoms. The van der Waals surface area contributed by atoms with Crippen LogP contribution >= 0.6 is 0 Å². The fourth-order valence-corrected chi connectivity index (χ4v) is 2.96. The molecule has 1 aromatic rings. The molecule has 0 unspecified atom stereocenters. The SMILES string of the molecule is CNCc1ccc(OC)c(CN(C)CCN2CCCC2)c1. The number of likely N-dealkylation sites (tertiary alicyclic amines) is 1. The minimum Gasteiger partial charge on any atom is -0.496 e. The first-order valence-electron chi connectivity index (χ1n) is 7.94. The number of nitrogens with zero attached hydrogens (tertiary/aromatic N) is 2. The van der Waals surface area contributed by atoms with Crippen LogP contribution in [0.5, 0.6) is 5.75 Å². The van der Waals surface area contributed by atoms with E-state index in [-0.39, 0.29) is 0 Å². The van der Waals surface area contributed by atoms with Crippen molar-refractivity contribution in [2.75, 3.05) is 47.4 Å². The van der Waals surface area contributed by atoms with Crippen molar-refractivity contribution in [1.29, 1.82) is 0 Å². The van der Waals surface area contributed by atoms with Crippen molar-refractivity contribution >= 4 is 0 Å². The molecule has 2 rings (SSSR count). The summed E-state index contributed by atoms with van der Waals surface area (Å²) in [4.78, 5) is 4.95. The van der Waals surface area contributed by atoms with Crippen molar-refractivity contribution < 1.29 is 4.74 Å². The van der Waals surface area contributed by atoms with Crippen molar-refractivity contribution in [1.82, 2.24) is 15.1 Å². The molecule has 1 aliphatic rings. The highest BCUT2D eigenvalue weighted by Gasteiger charge is 2.13. The summed E-state index contributed by atoms with van der Waals surface area (Å²) in [7, 11) is 5.92. The van der Waals surface area contributed by atoms with Crippen LogP contribution in [0.2, 0.25) is 0 Å². The maximum absolute atomic E-state index is 5.50. The topological polar surface area (TPSA) is 27.7 Å². The lowest BCUT2D eigenvalue weighted by atomic mass is 10.1. The van der Waals surface area contributed by atoms with Gasteiger partial charge in [0, 0.05) is 31.7 Å². The van der Waals surface area contributed by atoms with Gasteiger partial charge in [0.05, 0.1) is 7.11 Å². The van der Waals surface area contributed by atoms with Gasteiger partial charge in [-0.2, -0.15) is 0 Å². The summed E-state index contributed by atoms with van der Waals surface area (Å²) in [5.74, 6) is 0.989. The van der Waals surface area contributed by atoms with E-state index in [1.807, 2.05) is 7.05 Å². The van der Waals surface area contributed by atoms with Gasteiger partial charge in [-0.1, -0.05) is 6.07 Å². The second-order valence-electron chi connectivity index (χ2n) is 5.96. The van der Waals surface area contributed by atoms with Gasteiger partial charge in [0.15, 0.2) is 0 Å². The highest BCUT2D eigenvalue weighted by atomic mass is 16.5. The third kappa shape index (κ3) is 4.99. The minimum absolute atomic E-state index is 0.897. The third-order valence-electron chi connectivity index (χ3n) is 4.16. The molecule has 0 saturated carbocycles. The molecule has 1 N–H and O–H groups in total. The van der Waals surface area contributed by atoms with Crippen molar-refractivity contribution in [2.24, 2.45) is 0 Å². The molecule has 118 valence electrons. The van der Waals surface area contributed by atoms with Crippen LogP contribution in [-0.2, 0) is 13.1 Å². The van der Waals surface area contributed by atoms with Crippen LogP contribution in [0.1, 0.15) is 24.0 Å². The molecule has 1 aromatic carbocycles. The second-order valence-corrected chi connectivity index (χ2v) is 5.96. The summed E-state index contributed by atoms with van der Waals surface area (Å²) in [5, 5.41) is 3.20. The summed E-state index contributed by atoms with van der Waals surface area (Å²) in [5.41, 5.74) is 2.58. The molecule has 1 saturated heterocycles. The van der Waals surface area contributed by atoms with Gasteiger partial charge in [-0.3, -0.25) is 0 Å². The Morgan fingerprint density at radius 1 is 1.29 bits per heavy atom. The molecule has 0 atom stereocenters. The van der Waals surface area contributed by atoms with Gasteiger partial charge in [0.1, 0.15) is 5.75 Å². The predicted octanol–water partition coefficient (Wildman–Crippen LogP) is 1.94. The number of ether oxygens (including phenoxy) is 1. The van der Waals surface area contributed by atoms with Crippen LogP contribution < -0.4 is 10.1 Å². The lowest BCUT2D eigenvalue weighted by Crippen LogP contribution is -2.31. The van der Waals surface area contributed by atoms with Gasteiger partial charge in [0.25, 0.3) is 0 Å². The summed E-state index contributed by atoms with van der Waals surface area (Å²) < 4.78 is 5.50. The van der Waals surface area contributed by atoms with Gasteiger partial charge in [-0.05, 0) is 57.7 Å². The molecule has 21 heavy (non-hydrogen) atoms. The van der Waals surface area contributed by atoms with E-state index in [4.69, 9.17) is 4.74 Å². The number of rotatable bonds is 8. The van der Waals surface area contributed by atoms with Crippen LogP contribution in [0.15, 0.2) is 18.2 Å². The van der Waals surface area contributed by atoms with E-state index >= 15 is 0 Å². The van der Waals surface area contributed by atoms with E-state index in [9.17, 15) is 0 Å². The van der Waals surface area contributed by atoms with Crippen molar-refractivity contribution in [3.63, 3.8) is 0 Å². The van der Waals surface area contributed by atoms with Crippen LogP contribution in [0.3, 0.4) is 0 Å². The molecule has 0 amide bonds. The lowest BCUT2D eigenvalue weighted by Gasteiger charge is -2.22. The Balaban J connectivity index is 1.91. The van der Waals surface area contributed by atoms with E-state index in [1.165, 1.54) is 43.6 Å². The first-order chi connectivity index (χ1) is 10.2. The predicted molar refractivity (Wildman–Crippen MR) is 87.8 cm³/mol. The average Bonchev–Trinajstić information content (AvgIpc) is 2.99. The normalized spacial score (nSPS) is 15.8. The Morgan fingerprint density at radius 2 is 2.05 bits per heavy atom. The Bertz CT molecular complexity index is 430. The number of methoxy groups -OCH3 is 1. The molecule has 1 fully saturated rings. The summed E-state index contributed by atoms with van der Waals surface area (Å²) in [6, 6.07) is 6.46. The number of hydrogen-bond donors (Lipinski definition) is 1. The van der Waals surface area contributed by atoms with E-state index in [0.717, 1.165) is 25.4 Å². The number of benzene rings is 1. The quantitative estimate of drug-likeness (QED) is 0.792.